The number of hydrogen-bond acceptors (Lipinski definition) is 5. The quantitative estimate of drug-likeness (QED) is 0.879. The summed E-state index contributed by atoms with van der Waals surface area (Å²) in [5.74, 6) is 0.802. The molecule has 90 valence electrons. The van der Waals surface area contributed by atoms with Crippen LogP contribution in [0.2, 0.25) is 0 Å². The molecule has 2 rings (SSSR count). The van der Waals surface area contributed by atoms with Crippen molar-refractivity contribution in [2.24, 2.45) is 5.73 Å². The Morgan fingerprint density at radius 3 is 3.00 bits per heavy atom. The largest absolute Gasteiger partial charge is 0.485 e. The summed E-state index contributed by atoms with van der Waals surface area (Å²) < 4.78 is 5.72. The van der Waals surface area contributed by atoms with Crippen molar-refractivity contribution in [3.8, 4) is 5.75 Å². The topological polar surface area (TPSA) is 61.0 Å². The van der Waals surface area contributed by atoms with E-state index in [1.807, 2.05) is 24.4 Å². The first-order valence-electron chi connectivity index (χ1n) is 5.47. The SMILES string of the molecule is Cc1ccc(OCc2nccs2)c(CCN)n1. The molecule has 2 heterocycles. The molecule has 0 fully saturated rings. The van der Waals surface area contributed by atoms with Crippen molar-refractivity contribution in [3.63, 3.8) is 0 Å². The lowest BCUT2D eigenvalue weighted by atomic mass is 10.2. The molecule has 17 heavy (non-hydrogen) atoms. The average molecular weight is 249 g/mol. The lowest BCUT2D eigenvalue weighted by Crippen LogP contribution is -2.08. The van der Waals surface area contributed by atoms with Crippen molar-refractivity contribution >= 4 is 11.3 Å². The normalized spacial score (nSPS) is 10.5. The van der Waals surface area contributed by atoms with E-state index in [0.717, 1.165) is 28.6 Å². The monoisotopic (exact) mass is 249 g/mol. The molecule has 0 aliphatic heterocycles. The molecule has 5 heteroatoms. The number of hydrogen-bond donors (Lipinski definition) is 1. The third-order valence-corrected chi connectivity index (χ3v) is 3.04. The third kappa shape index (κ3) is 3.25. The van der Waals surface area contributed by atoms with Crippen LogP contribution in [0.1, 0.15) is 16.4 Å². The minimum Gasteiger partial charge on any atom is -0.485 e. The summed E-state index contributed by atoms with van der Waals surface area (Å²) in [6, 6.07) is 3.89. The molecule has 0 saturated carbocycles. The van der Waals surface area contributed by atoms with Gasteiger partial charge in [-0.2, -0.15) is 0 Å². The second-order valence-corrected chi connectivity index (χ2v) is 4.63. The predicted octanol–water partition coefficient (Wildman–Crippen LogP) is 1.93. The molecule has 0 aliphatic carbocycles. The van der Waals surface area contributed by atoms with Gasteiger partial charge >= 0.3 is 0 Å². The van der Waals surface area contributed by atoms with E-state index in [4.69, 9.17) is 10.5 Å². The Hall–Kier alpha value is -1.46. The predicted molar refractivity (Wildman–Crippen MR) is 68.2 cm³/mol. The van der Waals surface area contributed by atoms with E-state index < -0.39 is 0 Å². The van der Waals surface area contributed by atoms with Gasteiger partial charge < -0.3 is 10.5 Å². The van der Waals surface area contributed by atoms with Gasteiger partial charge in [0, 0.05) is 23.7 Å². The van der Waals surface area contributed by atoms with Crippen LogP contribution in [0, 0.1) is 6.92 Å². The average Bonchev–Trinajstić information content (AvgIpc) is 2.81. The highest BCUT2D eigenvalue weighted by Crippen LogP contribution is 2.19. The van der Waals surface area contributed by atoms with Gasteiger partial charge in [0.15, 0.2) is 0 Å². The highest BCUT2D eigenvalue weighted by atomic mass is 32.1. The van der Waals surface area contributed by atoms with Crippen molar-refractivity contribution < 1.29 is 4.74 Å². The summed E-state index contributed by atoms with van der Waals surface area (Å²) in [5, 5.41) is 2.90. The standard InChI is InChI=1S/C12H15N3OS/c1-9-2-3-11(10(15-9)4-5-13)16-8-12-14-6-7-17-12/h2-3,6-7H,4-5,8,13H2,1H3. The zero-order chi connectivity index (χ0) is 12.1. The van der Waals surface area contributed by atoms with Gasteiger partial charge in [0.2, 0.25) is 0 Å². The lowest BCUT2D eigenvalue weighted by Gasteiger charge is -2.09. The van der Waals surface area contributed by atoms with Crippen molar-refractivity contribution in [2.75, 3.05) is 6.54 Å². The Kier molecular flexibility index (Phi) is 4.06. The van der Waals surface area contributed by atoms with Crippen molar-refractivity contribution in [3.05, 3.63) is 40.1 Å². The number of nitrogens with two attached hydrogens (primary N) is 1. The van der Waals surface area contributed by atoms with Gasteiger partial charge in [0.1, 0.15) is 17.4 Å². The number of thiazole rings is 1. The molecule has 0 spiro atoms. The van der Waals surface area contributed by atoms with Crippen LogP contribution in [-0.2, 0) is 13.0 Å². The van der Waals surface area contributed by atoms with Gasteiger partial charge in [-0.25, -0.2) is 4.98 Å². The van der Waals surface area contributed by atoms with Crippen LogP contribution < -0.4 is 10.5 Å². The highest BCUT2D eigenvalue weighted by Gasteiger charge is 2.06. The van der Waals surface area contributed by atoms with Crippen LogP contribution in [0.4, 0.5) is 0 Å². The summed E-state index contributed by atoms with van der Waals surface area (Å²) in [6.07, 6.45) is 2.51. The maximum atomic E-state index is 5.72. The number of ether oxygens (including phenoxy) is 1. The van der Waals surface area contributed by atoms with Gasteiger partial charge in [-0.05, 0) is 25.6 Å². The van der Waals surface area contributed by atoms with Crippen LogP contribution >= 0.6 is 11.3 Å². The number of aromatic nitrogens is 2. The summed E-state index contributed by atoms with van der Waals surface area (Å²) >= 11 is 1.58. The molecule has 0 aromatic carbocycles. The van der Waals surface area contributed by atoms with E-state index in [0.29, 0.717) is 13.2 Å². The van der Waals surface area contributed by atoms with Crippen molar-refractivity contribution in [1.82, 2.24) is 9.97 Å². The zero-order valence-electron chi connectivity index (χ0n) is 9.72. The molecule has 0 unspecified atom stereocenters. The van der Waals surface area contributed by atoms with Crippen LogP contribution in [0.25, 0.3) is 0 Å². The minimum atomic E-state index is 0.486. The van der Waals surface area contributed by atoms with E-state index >= 15 is 0 Å². The fourth-order valence-electron chi connectivity index (χ4n) is 1.51. The fraction of sp³-hybridized carbons (Fsp3) is 0.333. The van der Waals surface area contributed by atoms with Crippen LogP contribution in [-0.4, -0.2) is 16.5 Å². The molecule has 0 aliphatic rings. The highest BCUT2D eigenvalue weighted by molar-refractivity contribution is 7.09. The van der Waals surface area contributed by atoms with Gasteiger partial charge in [0.25, 0.3) is 0 Å². The van der Waals surface area contributed by atoms with E-state index in [9.17, 15) is 0 Å². The Labute approximate surface area is 104 Å². The van der Waals surface area contributed by atoms with E-state index in [1.165, 1.54) is 0 Å². The van der Waals surface area contributed by atoms with Crippen LogP contribution in [0.3, 0.4) is 0 Å². The maximum Gasteiger partial charge on any atom is 0.141 e. The van der Waals surface area contributed by atoms with Gasteiger partial charge in [-0.3, -0.25) is 4.98 Å². The van der Waals surface area contributed by atoms with Crippen LogP contribution in [0.5, 0.6) is 5.75 Å². The summed E-state index contributed by atoms with van der Waals surface area (Å²) in [7, 11) is 0. The molecule has 0 radical (unpaired) electrons. The molecule has 2 aromatic rings. The maximum absolute atomic E-state index is 5.72. The Morgan fingerprint density at radius 2 is 2.29 bits per heavy atom. The molecular weight excluding hydrogens is 234 g/mol. The van der Waals surface area contributed by atoms with Crippen molar-refractivity contribution in [1.29, 1.82) is 0 Å². The fourth-order valence-corrected chi connectivity index (χ4v) is 2.04. The summed E-state index contributed by atoms with van der Waals surface area (Å²) in [4.78, 5) is 8.61. The minimum absolute atomic E-state index is 0.486. The number of rotatable bonds is 5. The molecule has 0 amide bonds. The molecule has 4 nitrogen and oxygen atoms in total. The first-order chi connectivity index (χ1) is 8.29. The molecule has 0 saturated heterocycles. The molecule has 0 atom stereocenters. The van der Waals surface area contributed by atoms with Gasteiger partial charge in [-0.15, -0.1) is 11.3 Å². The first kappa shape index (κ1) is 12.0. The van der Waals surface area contributed by atoms with E-state index in [-0.39, 0.29) is 0 Å². The third-order valence-electron chi connectivity index (χ3n) is 2.29. The van der Waals surface area contributed by atoms with Crippen molar-refractivity contribution in [2.45, 2.75) is 20.0 Å². The first-order valence-corrected chi connectivity index (χ1v) is 6.35. The van der Waals surface area contributed by atoms with Crippen LogP contribution in [0.15, 0.2) is 23.7 Å². The molecule has 0 bridgehead atoms. The summed E-state index contributed by atoms with van der Waals surface area (Å²) in [5.41, 5.74) is 7.47. The Morgan fingerprint density at radius 1 is 1.41 bits per heavy atom. The van der Waals surface area contributed by atoms with Gasteiger partial charge in [0.05, 0.1) is 5.69 Å². The van der Waals surface area contributed by atoms with E-state index in [1.54, 1.807) is 17.5 Å². The lowest BCUT2D eigenvalue weighted by molar-refractivity contribution is 0.300. The smallest absolute Gasteiger partial charge is 0.141 e. The van der Waals surface area contributed by atoms with Gasteiger partial charge in [-0.1, -0.05) is 0 Å². The second kappa shape index (κ2) is 5.75. The number of nitrogens with zero attached hydrogens (tertiary/aromatic N) is 2. The van der Waals surface area contributed by atoms with E-state index in [2.05, 4.69) is 9.97 Å². The zero-order valence-corrected chi connectivity index (χ0v) is 10.5. The number of aryl methyl sites for hydroxylation is 1. The number of pyridine rings is 1. The summed E-state index contributed by atoms with van der Waals surface area (Å²) in [6.45, 7) is 3.02. The Bertz CT molecular complexity index is 471. The second-order valence-electron chi connectivity index (χ2n) is 3.65. The Balaban J connectivity index is 2.08. The molecule has 2 aromatic heterocycles. The molecule has 2 N–H and O–H groups in total. The molecular formula is C12H15N3OS.